The fourth-order valence-electron chi connectivity index (χ4n) is 7.57. The number of carbonyl (C=O) groups excluding carboxylic acids is 1. The Hall–Kier alpha value is -1.68. The van der Waals surface area contributed by atoms with Gasteiger partial charge in [0.15, 0.2) is 6.29 Å². The van der Waals surface area contributed by atoms with E-state index in [1.807, 2.05) is 0 Å². The zero-order valence-corrected chi connectivity index (χ0v) is 39.7. The summed E-state index contributed by atoms with van der Waals surface area (Å²) in [5.74, 6) is -0.425. The van der Waals surface area contributed by atoms with Crippen molar-refractivity contribution in [1.82, 2.24) is 0 Å². The number of unbranched alkanes of at least 4 members (excludes halogenated alkanes) is 24. The Labute approximate surface area is 377 Å². The monoisotopic (exact) mass is 903 g/mol. The minimum absolute atomic E-state index is 0.0267. The minimum Gasteiger partial charge on any atom is -0.457 e. The number of hydrogen-bond acceptors (Lipinski definition) is 11. The van der Waals surface area contributed by atoms with Gasteiger partial charge in [-0.05, 0) is 44.9 Å². The normalized spacial score (nSPS) is 20.3. The molecule has 0 aliphatic carbocycles. The van der Waals surface area contributed by atoms with Crippen LogP contribution in [0.1, 0.15) is 206 Å². The summed E-state index contributed by atoms with van der Waals surface area (Å²) in [7, 11) is -5.07. The van der Waals surface area contributed by atoms with E-state index in [4.69, 9.17) is 23.5 Å². The molecule has 6 unspecified atom stereocenters. The molecule has 0 aromatic rings. The molecule has 364 valence electrons. The van der Waals surface area contributed by atoms with Gasteiger partial charge in [-0.15, -0.1) is 0 Å². The molecule has 62 heavy (non-hydrogen) atoms. The zero-order valence-electron chi connectivity index (χ0n) is 38.9. The number of aliphatic hydroxyl groups is 3. The third-order valence-electron chi connectivity index (χ3n) is 11.3. The summed E-state index contributed by atoms with van der Waals surface area (Å²) in [6.07, 6.45) is 39.1. The highest BCUT2D eigenvalue weighted by Gasteiger charge is 2.48. The quantitative estimate of drug-likeness (QED) is 0.0197. The maximum Gasteiger partial charge on any atom is 0.397 e. The Morgan fingerprint density at radius 3 is 1.61 bits per heavy atom. The molecule has 1 aliphatic heterocycles. The van der Waals surface area contributed by atoms with E-state index >= 15 is 0 Å². The summed E-state index contributed by atoms with van der Waals surface area (Å²) < 4.78 is 59.1. The van der Waals surface area contributed by atoms with E-state index in [2.05, 4.69) is 54.5 Å². The molecule has 0 radical (unpaired) electrons. The van der Waals surface area contributed by atoms with Crippen molar-refractivity contribution < 1.29 is 56.2 Å². The van der Waals surface area contributed by atoms with Crippen molar-refractivity contribution in [2.75, 3.05) is 26.4 Å². The fraction of sp³-hybridized carbons (Fsp3) is 0.857. The Morgan fingerprint density at radius 2 is 1.11 bits per heavy atom. The highest BCUT2D eigenvalue weighted by Crippen LogP contribution is 2.26. The first-order valence-corrected chi connectivity index (χ1v) is 26.1. The summed E-state index contributed by atoms with van der Waals surface area (Å²) in [6, 6.07) is 0. The Bertz CT molecular complexity index is 1230. The minimum atomic E-state index is -5.07. The van der Waals surface area contributed by atoms with Crippen molar-refractivity contribution in [3.8, 4) is 0 Å². The maximum absolute atomic E-state index is 12.8. The molecule has 12 nitrogen and oxygen atoms in total. The van der Waals surface area contributed by atoms with Crippen LogP contribution in [0.3, 0.4) is 0 Å². The summed E-state index contributed by atoms with van der Waals surface area (Å²) in [6.45, 7) is 3.86. The first-order chi connectivity index (χ1) is 30.1. The first-order valence-electron chi connectivity index (χ1n) is 24.7. The third-order valence-corrected chi connectivity index (χ3v) is 11.7. The van der Waals surface area contributed by atoms with Gasteiger partial charge in [-0.3, -0.25) is 9.35 Å². The van der Waals surface area contributed by atoms with Crippen LogP contribution >= 0.6 is 0 Å². The lowest BCUT2D eigenvalue weighted by Gasteiger charge is -2.41. The number of hydrogen-bond donors (Lipinski definition) is 4. The second-order valence-corrected chi connectivity index (χ2v) is 18.1. The van der Waals surface area contributed by atoms with Crippen LogP contribution in [0.5, 0.6) is 0 Å². The molecule has 0 spiro atoms. The average molecular weight is 903 g/mol. The van der Waals surface area contributed by atoms with Crippen molar-refractivity contribution in [1.29, 1.82) is 0 Å². The molecule has 1 fully saturated rings. The number of allylic oxidation sites excluding steroid dienone is 6. The topological polar surface area (TPSA) is 178 Å². The molecule has 1 aliphatic rings. The third kappa shape index (κ3) is 33.8. The molecule has 4 N–H and O–H groups in total. The van der Waals surface area contributed by atoms with Crippen LogP contribution in [0, 0.1) is 0 Å². The van der Waals surface area contributed by atoms with Crippen LogP contribution in [0.15, 0.2) is 36.5 Å². The van der Waals surface area contributed by atoms with Crippen molar-refractivity contribution in [2.24, 2.45) is 0 Å². The lowest BCUT2D eigenvalue weighted by atomic mass is 9.99. The lowest BCUT2D eigenvalue weighted by Crippen LogP contribution is -2.60. The number of aliphatic hydroxyl groups excluding tert-OH is 3. The molecular formula is C49H90O12S. The summed E-state index contributed by atoms with van der Waals surface area (Å²) in [4.78, 5) is 12.8. The van der Waals surface area contributed by atoms with Crippen LogP contribution in [0.2, 0.25) is 0 Å². The van der Waals surface area contributed by atoms with E-state index in [1.54, 1.807) is 0 Å². The SMILES string of the molecule is CC/C=C\C/C=C\C/C=C\CCCCCC(=O)OC(COCCCCCCCCCCCCCCCCCCCCCCCC)COC1OC(CO)C(O)C(OS(=O)(=O)O)C1O. The van der Waals surface area contributed by atoms with Crippen LogP contribution in [0.4, 0.5) is 0 Å². The van der Waals surface area contributed by atoms with Crippen LogP contribution in [-0.4, -0.2) is 97.5 Å². The van der Waals surface area contributed by atoms with Gasteiger partial charge in [0.25, 0.3) is 0 Å². The van der Waals surface area contributed by atoms with Gasteiger partial charge in [0.05, 0.1) is 19.8 Å². The Morgan fingerprint density at radius 1 is 0.629 bits per heavy atom. The van der Waals surface area contributed by atoms with Crippen molar-refractivity contribution in [3.63, 3.8) is 0 Å². The summed E-state index contributed by atoms with van der Waals surface area (Å²) in [5.41, 5.74) is 0. The molecule has 0 bridgehead atoms. The molecule has 1 heterocycles. The largest absolute Gasteiger partial charge is 0.457 e. The van der Waals surface area contributed by atoms with Gasteiger partial charge < -0.3 is 34.3 Å². The fourth-order valence-corrected chi connectivity index (χ4v) is 8.08. The number of rotatable bonds is 43. The number of esters is 1. The van der Waals surface area contributed by atoms with Gasteiger partial charge in [-0.2, -0.15) is 8.42 Å². The van der Waals surface area contributed by atoms with Gasteiger partial charge in [-0.1, -0.05) is 192 Å². The molecule has 0 aromatic carbocycles. The number of ether oxygens (including phenoxy) is 4. The van der Waals surface area contributed by atoms with Crippen molar-refractivity contribution in [3.05, 3.63) is 36.5 Å². The smallest absolute Gasteiger partial charge is 0.397 e. The van der Waals surface area contributed by atoms with Gasteiger partial charge in [0.2, 0.25) is 0 Å². The van der Waals surface area contributed by atoms with Crippen LogP contribution < -0.4 is 0 Å². The maximum atomic E-state index is 12.8. The number of carbonyl (C=O) groups is 1. The van der Waals surface area contributed by atoms with Gasteiger partial charge in [-0.25, -0.2) is 4.18 Å². The zero-order chi connectivity index (χ0) is 45.4. The van der Waals surface area contributed by atoms with E-state index in [0.29, 0.717) is 13.0 Å². The molecular weight excluding hydrogens is 813 g/mol. The molecule has 0 aromatic heterocycles. The van der Waals surface area contributed by atoms with E-state index < -0.39 is 59.8 Å². The van der Waals surface area contributed by atoms with Crippen molar-refractivity contribution in [2.45, 2.75) is 243 Å². The van der Waals surface area contributed by atoms with Crippen molar-refractivity contribution >= 4 is 16.4 Å². The first kappa shape index (κ1) is 58.3. The molecule has 1 saturated heterocycles. The lowest BCUT2D eigenvalue weighted by molar-refractivity contribution is -0.301. The molecule has 13 heteroatoms. The summed E-state index contributed by atoms with van der Waals surface area (Å²) in [5, 5.41) is 30.7. The molecule has 1 rings (SSSR count). The second kappa shape index (κ2) is 40.8. The Balaban J connectivity index is 2.34. The van der Waals surface area contributed by atoms with E-state index in [-0.39, 0.29) is 19.6 Å². The van der Waals surface area contributed by atoms with E-state index in [0.717, 1.165) is 57.8 Å². The van der Waals surface area contributed by atoms with E-state index in [1.165, 1.54) is 122 Å². The predicted molar refractivity (Wildman–Crippen MR) is 248 cm³/mol. The van der Waals surface area contributed by atoms with Gasteiger partial charge in [0.1, 0.15) is 30.5 Å². The molecule has 0 saturated carbocycles. The highest BCUT2D eigenvalue weighted by molar-refractivity contribution is 7.80. The Kier molecular flexibility index (Phi) is 38.4. The van der Waals surface area contributed by atoms with Crippen LogP contribution in [-0.2, 0) is 38.3 Å². The van der Waals surface area contributed by atoms with E-state index in [9.17, 15) is 28.5 Å². The van der Waals surface area contributed by atoms with Crippen LogP contribution in [0.25, 0.3) is 0 Å². The standard InChI is InChI=1S/C49H90O12S/c1-3-5-7-9-11-13-15-17-18-19-20-21-22-23-24-25-27-29-31-33-35-37-39-57-41-43(42-58-49-47(53)48(61-62(54,55)56)46(52)44(40-50)60-49)59-45(51)38-36-34-32-30-28-26-16-14-12-10-8-6-4-2/h6,8,12,14,26,28,43-44,46-50,52-53H,3-5,7,9-11,13,15-25,27,29-42H2,1-2H3,(H,54,55,56)/b8-6-,14-12-,28-26-. The van der Waals surface area contributed by atoms with Gasteiger partial charge in [0, 0.05) is 13.0 Å². The summed E-state index contributed by atoms with van der Waals surface area (Å²) >= 11 is 0. The average Bonchev–Trinajstić information content (AvgIpc) is 3.24. The molecule has 6 atom stereocenters. The molecule has 0 amide bonds. The highest BCUT2D eigenvalue weighted by atomic mass is 32.3. The van der Waals surface area contributed by atoms with Gasteiger partial charge >= 0.3 is 16.4 Å². The predicted octanol–water partition coefficient (Wildman–Crippen LogP) is 11.0. The second-order valence-electron chi connectivity index (χ2n) is 17.0.